The number of hydrogen-bond donors (Lipinski definition) is 2. The molecule has 1 heterocycles. The van der Waals surface area contributed by atoms with Crippen molar-refractivity contribution >= 4 is 33.8 Å². The van der Waals surface area contributed by atoms with Crippen LogP contribution >= 0.6 is 33.8 Å². The Balaban J connectivity index is 2.63. The predicted octanol–water partition coefficient (Wildman–Crippen LogP) is 4.54. The maximum atomic E-state index is 4.42. The summed E-state index contributed by atoms with van der Waals surface area (Å²) < 4.78 is 0. The van der Waals surface area contributed by atoms with Crippen LogP contribution in [0.1, 0.15) is 43.7 Å². The second-order valence-electron chi connectivity index (χ2n) is 4.50. The molecule has 0 spiro atoms. The molecule has 0 aliphatic carbocycles. The molecule has 0 saturated heterocycles. The van der Waals surface area contributed by atoms with Crippen molar-refractivity contribution in [2.45, 2.75) is 44.4 Å². The topological polar surface area (TPSA) is 12.0 Å². The molecule has 0 aliphatic heterocycles. The highest BCUT2D eigenvalue weighted by molar-refractivity contribution is 8.68. The predicted molar refractivity (Wildman–Crippen MR) is 80.6 cm³/mol. The second kappa shape index (κ2) is 6.94. The van der Waals surface area contributed by atoms with Crippen LogP contribution in [0.5, 0.6) is 0 Å². The first kappa shape index (κ1) is 14.4. The lowest BCUT2D eigenvalue weighted by atomic mass is 9.98. The van der Waals surface area contributed by atoms with Crippen LogP contribution in [-0.2, 0) is 0 Å². The number of nitrogens with one attached hydrogen (secondary N) is 1. The van der Waals surface area contributed by atoms with Crippen LogP contribution < -0.4 is 5.32 Å². The highest BCUT2D eigenvalue weighted by Crippen LogP contribution is 2.42. The Morgan fingerprint density at radius 1 is 1.56 bits per heavy atom. The molecule has 1 aromatic heterocycles. The fourth-order valence-electron chi connectivity index (χ4n) is 1.66. The van der Waals surface area contributed by atoms with Gasteiger partial charge in [0.05, 0.1) is 5.25 Å². The molecule has 4 heteroatoms. The Labute approximate surface area is 112 Å². The third-order valence-corrected chi connectivity index (χ3v) is 5.45. The van der Waals surface area contributed by atoms with Gasteiger partial charge in [0.2, 0.25) is 0 Å². The first-order valence-electron chi connectivity index (χ1n) is 5.70. The van der Waals surface area contributed by atoms with Gasteiger partial charge in [0.1, 0.15) is 0 Å². The van der Waals surface area contributed by atoms with Crippen molar-refractivity contribution in [3.8, 4) is 0 Å². The van der Waals surface area contributed by atoms with Crippen molar-refractivity contribution in [1.29, 1.82) is 0 Å². The van der Waals surface area contributed by atoms with Gasteiger partial charge in [-0.05, 0) is 38.3 Å². The van der Waals surface area contributed by atoms with Gasteiger partial charge in [-0.1, -0.05) is 30.2 Å². The maximum absolute atomic E-state index is 4.42. The summed E-state index contributed by atoms with van der Waals surface area (Å²) in [5, 5.41) is 6.18. The van der Waals surface area contributed by atoms with Crippen molar-refractivity contribution in [2.24, 2.45) is 0 Å². The van der Waals surface area contributed by atoms with E-state index in [2.05, 4.69) is 55.3 Å². The normalized spacial score (nSPS) is 14.0. The van der Waals surface area contributed by atoms with Gasteiger partial charge in [-0.15, -0.1) is 23.0 Å². The molecular weight excluding hydrogens is 254 g/mol. The van der Waals surface area contributed by atoms with Crippen molar-refractivity contribution in [3.05, 3.63) is 22.4 Å². The van der Waals surface area contributed by atoms with Crippen molar-refractivity contribution in [3.63, 3.8) is 0 Å². The Morgan fingerprint density at radius 2 is 2.31 bits per heavy atom. The first-order chi connectivity index (χ1) is 7.61. The Bertz CT molecular complexity index is 282. The molecular formula is C12H21NS3. The van der Waals surface area contributed by atoms with Gasteiger partial charge in [0.25, 0.3) is 0 Å². The van der Waals surface area contributed by atoms with Gasteiger partial charge in [0.15, 0.2) is 0 Å². The van der Waals surface area contributed by atoms with Crippen LogP contribution in [0, 0.1) is 0 Å². The van der Waals surface area contributed by atoms with Gasteiger partial charge in [0, 0.05) is 10.4 Å². The fourth-order valence-corrected chi connectivity index (χ4v) is 4.73. The largest absolute Gasteiger partial charge is 0.310 e. The highest BCUT2D eigenvalue weighted by Gasteiger charge is 2.30. The third kappa shape index (κ3) is 3.99. The molecule has 92 valence electrons. The molecule has 0 fully saturated rings. The molecule has 0 aliphatic rings. The second-order valence-corrected chi connectivity index (χ2v) is 6.80. The van der Waals surface area contributed by atoms with E-state index in [-0.39, 0.29) is 5.54 Å². The van der Waals surface area contributed by atoms with Crippen LogP contribution in [0.2, 0.25) is 0 Å². The summed E-state index contributed by atoms with van der Waals surface area (Å²) in [6, 6.07) is 4.31. The molecule has 0 aromatic carbocycles. The molecule has 1 N–H and O–H groups in total. The first-order valence-corrected chi connectivity index (χ1v) is 8.51. The Morgan fingerprint density at radius 3 is 2.81 bits per heavy atom. The maximum Gasteiger partial charge on any atom is 0.0668 e. The lowest BCUT2D eigenvalue weighted by Crippen LogP contribution is -2.43. The molecule has 1 aromatic rings. The minimum absolute atomic E-state index is 0.0897. The van der Waals surface area contributed by atoms with Crippen LogP contribution in [0.3, 0.4) is 0 Å². The van der Waals surface area contributed by atoms with Crippen molar-refractivity contribution < 1.29 is 0 Å². The van der Waals surface area contributed by atoms with E-state index in [0.29, 0.717) is 5.25 Å². The number of thiol groups is 1. The van der Waals surface area contributed by atoms with E-state index < -0.39 is 0 Å². The Hall–Kier alpha value is 0.360. The average Bonchev–Trinajstić information content (AvgIpc) is 2.72. The summed E-state index contributed by atoms with van der Waals surface area (Å²) in [6.07, 6.45) is 2.47. The zero-order valence-electron chi connectivity index (χ0n) is 10.2. The summed E-state index contributed by atoms with van der Waals surface area (Å²) in [5.41, 5.74) is 0.0897. The van der Waals surface area contributed by atoms with E-state index >= 15 is 0 Å². The van der Waals surface area contributed by atoms with Crippen LogP contribution in [0.25, 0.3) is 0 Å². The van der Waals surface area contributed by atoms with E-state index in [9.17, 15) is 0 Å². The Kier molecular flexibility index (Phi) is 6.26. The molecule has 1 atom stereocenters. The van der Waals surface area contributed by atoms with Crippen LogP contribution in [0.15, 0.2) is 17.5 Å². The standard InChI is InChI=1S/C12H21NS3/c1-4-5-8-13-12(2,3)11(16-14)10-7-6-9-15-10/h6-7,9,11,13-14H,4-5,8H2,1-3H3. The van der Waals surface area contributed by atoms with E-state index in [0.717, 1.165) is 6.54 Å². The monoisotopic (exact) mass is 275 g/mol. The van der Waals surface area contributed by atoms with E-state index in [1.54, 1.807) is 10.8 Å². The molecule has 0 saturated carbocycles. The smallest absolute Gasteiger partial charge is 0.0668 e. The van der Waals surface area contributed by atoms with Crippen molar-refractivity contribution in [1.82, 2.24) is 5.32 Å². The zero-order valence-corrected chi connectivity index (χ0v) is 12.7. The fraction of sp³-hybridized carbons (Fsp3) is 0.667. The van der Waals surface area contributed by atoms with Gasteiger partial charge in [-0.25, -0.2) is 0 Å². The van der Waals surface area contributed by atoms with Gasteiger partial charge in [-0.2, -0.15) is 0 Å². The molecule has 0 bridgehead atoms. The molecule has 1 rings (SSSR count). The van der Waals surface area contributed by atoms with Gasteiger partial charge < -0.3 is 5.32 Å². The number of thiophene rings is 1. The third-order valence-electron chi connectivity index (χ3n) is 2.67. The average molecular weight is 276 g/mol. The minimum Gasteiger partial charge on any atom is -0.310 e. The summed E-state index contributed by atoms with van der Waals surface area (Å²) >= 11 is 6.24. The quantitative estimate of drug-likeness (QED) is 0.430. The number of rotatable bonds is 7. The van der Waals surface area contributed by atoms with Crippen LogP contribution in [0.4, 0.5) is 0 Å². The van der Waals surface area contributed by atoms with E-state index in [4.69, 9.17) is 0 Å². The molecule has 1 nitrogen and oxygen atoms in total. The van der Waals surface area contributed by atoms with Crippen molar-refractivity contribution in [2.75, 3.05) is 6.54 Å². The lowest BCUT2D eigenvalue weighted by Gasteiger charge is -2.33. The summed E-state index contributed by atoms with van der Waals surface area (Å²) in [7, 11) is 1.63. The molecule has 0 radical (unpaired) electrons. The lowest BCUT2D eigenvalue weighted by molar-refractivity contribution is 0.379. The van der Waals surface area contributed by atoms with E-state index in [1.165, 1.54) is 17.7 Å². The number of hydrogen-bond acceptors (Lipinski definition) is 4. The SMILES string of the molecule is CCCCNC(C)(C)C(SS)c1cccs1. The summed E-state index contributed by atoms with van der Waals surface area (Å²) in [4.78, 5) is 1.40. The van der Waals surface area contributed by atoms with E-state index in [1.807, 2.05) is 11.3 Å². The molecule has 16 heavy (non-hydrogen) atoms. The molecule has 1 unspecified atom stereocenters. The zero-order chi connectivity index (χ0) is 12.0. The number of unbranched alkanes of at least 4 members (excludes halogenated alkanes) is 1. The summed E-state index contributed by atoms with van der Waals surface area (Å²) in [5.74, 6) is 0. The summed E-state index contributed by atoms with van der Waals surface area (Å²) in [6.45, 7) is 7.82. The highest BCUT2D eigenvalue weighted by atomic mass is 33.1. The molecule has 0 amide bonds. The van der Waals surface area contributed by atoms with Crippen LogP contribution in [-0.4, -0.2) is 12.1 Å². The van der Waals surface area contributed by atoms with Gasteiger partial charge >= 0.3 is 0 Å². The van der Waals surface area contributed by atoms with Gasteiger partial charge in [-0.3, -0.25) is 0 Å². The minimum atomic E-state index is 0.0897.